The first-order valence-corrected chi connectivity index (χ1v) is 14.2. The minimum Gasteiger partial charge on any atom is -0.576 e. The van der Waals surface area contributed by atoms with Crippen LogP contribution in [0.15, 0.2) is 85.3 Å². The van der Waals surface area contributed by atoms with Crippen LogP contribution < -0.4 is 11.4 Å². The first-order valence-electron chi connectivity index (χ1n) is 11.3. The first kappa shape index (κ1) is 25.3. The zero-order valence-corrected chi connectivity index (χ0v) is 23.4. The van der Waals surface area contributed by atoms with E-state index in [2.05, 4.69) is 15.0 Å². The summed E-state index contributed by atoms with van der Waals surface area (Å²) in [6, 6.07) is 19.8. The fourth-order valence-corrected chi connectivity index (χ4v) is 6.73. The molecule has 6 nitrogen and oxygen atoms in total. The number of benzene rings is 3. The number of hydrogen-bond acceptors (Lipinski definition) is 6. The van der Waals surface area contributed by atoms with Crippen molar-refractivity contribution in [1.82, 2.24) is 15.0 Å². The molecule has 0 saturated carbocycles. The Morgan fingerprint density at radius 1 is 0.526 bits per heavy atom. The fraction of sp³-hybridized carbons (Fsp3) is 0. The van der Waals surface area contributed by atoms with Crippen molar-refractivity contribution < 1.29 is 11.4 Å². The quantitative estimate of drug-likeness (QED) is 0.180. The maximum absolute atomic E-state index is 6.59. The van der Waals surface area contributed by atoms with Crippen LogP contribution in [-0.4, -0.2) is 30.1 Å². The molecule has 3 aromatic heterocycles. The third kappa shape index (κ3) is 4.78. The third-order valence-corrected chi connectivity index (χ3v) is 8.24. The van der Waals surface area contributed by atoms with Gasteiger partial charge in [-0.3, -0.25) is 15.0 Å². The molecule has 11 heteroatoms. The summed E-state index contributed by atoms with van der Waals surface area (Å²) in [5.74, 6) is 1.03. The van der Waals surface area contributed by atoms with Crippen LogP contribution in [0, 0.1) is 0 Å². The van der Waals surface area contributed by atoms with Crippen LogP contribution in [0.4, 0.5) is 0 Å². The molecule has 0 aliphatic heterocycles. The van der Waals surface area contributed by atoms with Crippen LogP contribution in [-0.2, 0) is 0 Å². The number of rotatable bonds is 6. The highest BCUT2D eigenvalue weighted by Gasteiger charge is 2.47. The number of para-hydroxylation sites is 1. The largest absolute Gasteiger partial charge is 1.20 e. The lowest BCUT2D eigenvalue weighted by atomic mass is 10.2. The molecule has 6 rings (SSSR count). The molecule has 0 saturated heterocycles. The number of aromatic nitrogens is 3. The van der Waals surface area contributed by atoms with Gasteiger partial charge in [0.05, 0.1) is 20.1 Å². The Bertz CT molecular complexity index is 1740. The molecule has 0 radical (unpaired) electrons. The van der Waals surface area contributed by atoms with Gasteiger partial charge < -0.3 is 11.4 Å². The molecular formula is C27H14AlCl4N3O3. The monoisotopic (exact) mass is 595 g/mol. The second-order valence-electron chi connectivity index (χ2n) is 8.11. The van der Waals surface area contributed by atoms with Crippen LogP contribution in [0.2, 0.25) is 20.1 Å². The highest BCUT2D eigenvalue weighted by atomic mass is 35.5. The summed E-state index contributed by atoms with van der Waals surface area (Å²) in [5.41, 5.74) is 1.59. The van der Waals surface area contributed by atoms with Crippen LogP contribution in [0.25, 0.3) is 32.7 Å². The van der Waals surface area contributed by atoms with Gasteiger partial charge in [-0.25, -0.2) is 0 Å². The van der Waals surface area contributed by atoms with Crippen molar-refractivity contribution in [3.8, 4) is 17.2 Å². The molecule has 0 unspecified atom stereocenters. The Morgan fingerprint density at radius 3 is 1.61 bits per heavy atom. The van der Waals surface area contributed by atoms with E-state index in [1.807, 2.05) is 36.4 Å². The van der Waals surface area contributed by atoms with Gasteiger partial charge in [-0.15, -0.1) is 0 Å². The van der Waals surface area contributed by atoms with Gasteiger partial charge in [0.1, 0.15) is 33.8 Å². The van der Waals surface area contributed by atoms with E-state index in [1.54, 1.807) is 48.9 Å². The summed E-state index contributed by atoms with van der Waals surface area (Å²) in [7, 11) is 0. The third-order valence-electron chi connectivity index (χ3n) is 5.75. The summed E-state index contributed by atoms with van der Waals surface area (Å²) >= 11 is 22.8. The molecule has 38 heavy (non-hydrogen) atoms. The van der Waals surface area contributed by atoms with E-state index >= 15 is 0 Å². The average molecular weight is 597 g/mol. The summed E-state index contributed by atoms with van der Waals surface area (Å²) in [5, 5.41) is 3.64. The van der Waals surface area contributed by atoms with Gasteiger partial charge in [0, 0.05) is 34.7 Å². The Morgan fingerprint density at radius 2 is 1.03 bits per heavy atom. The predicted molar refractivity (Wildman–Crippen MR) is 153 cm³/mol. The summed E-state index contributed by atoms with van der Waals surface area (Å²) < 4.78 is 19.2. The highest BCUT2D eigenvalue weighted by Crippen LogP contribution is 2.40. The van der Waals surface area contributed by atoms with Crippen LogP contribution >= 0.6 is 46.4 Å². The second kappa shape index (κ2) is 10.6. The Balaban J connectivity index is 1.49. The molecule has 0 N–H and O–H groups in total. The molecule has 0 spiro atoms. The zero-order chi connectivity index (χ0) is 26.2. The van der Waals surface area contributed by atoms with E-state index in [0.717, 1.165) is 5.39 Å². The number of hydrogen-bond donors (Lipinski definition) is 0. The van der Waals surface area contributed by atoms with Crippen LogP contribution in [0.1, 0.15) is 0 Å². The van der Waals surface area contributed by atoms with Gasteiger partial charge in [0.25, 0.3) is 0 Å². The molecule has 0 fully saturated rings. The molecule has 6 aromatic rings. The topological polar surface area (TPSA) is 66.4 Å². The molecule has 0 bridgehead atoms. The van der Waals surface area contributed by atoms with Gasteiger partial charge >= 0.3 is 15.1 Å². The molecule has 3 aromatic carbocycles. The molecule has 3 heterocycles. The highest BCUT2D eigenvalue weighted by molar-refractivity contribution is 6.44. The fourth-order valence-electron chi connectivity index (χ4n) is 4.06. The Hall–Kier alpha value is -3.02. The van der Waals surface area contributed by atoms with Crippen molar-refractivity contribution in [2.45, 2.75) is 0 Å². The van der Waals surface area contributed by atoms with Crippen molar-refractivity contribution in [2.75, 3.05) is 0 Å². The molecular weight excluding hydrogens is 583 g/mol. The Kier molecular flexibility index (Phi) is 7.07. The standard InChI is InChI=1S/2C9H5Cl2NO.C9H7NO.Al/c2*10-6-4-7(11)9(13)8-5(6)2-1-3-12-8;11-8-5-1-3-7-4-2-6-10-9(7)8;/h2*1-4,13H;1-6,11H;/q;;;+3/p-3. The molecule has 0 atom stereocenters. The Labute approximate surface area is 242 Å². The van der Waals surface area contributed by atoms with Crippen LogP contribution in [0.5, 0.6) is 17.2 Å². The molecule has 0 amide bonds. The normalized spacial score (nSPS) is 11.2. The predicted octanol–water partition coefficient (Wildman–Crippen LogP) is 8.47. The van der Waals surface area contributed by atoms with Gasteiger partial charge in [0.2, 0.25) is 0 Å². The molecule has 0 aliphatic carbocycles. The van der Waals surface area contributed by atoms with E-state index in [9.17, 15) is 0 Å². The van der Waals surface area contributed by atoms with Crippen molar-refractivity contribution in [2.24, 2.45) is 0 Å². The first-order chi connectivity index (χ1) is 18.5. The second-order valence-corrected chi connectivity index (χ2v) is 11.0. The molecule has 186 valence electrons. The van der Waals surface area contributed by atoms with Crippen molar-refractivity contribution in [3.05, 3.63) is 105 Å². The SMILES string of the molecule is Clc1cc(Cl)c2cccnc2c1[O][Al]([O]c1cccc2cccnc12)[O]c1c(Cl)cc(Cl)c2cccnc12. The van der Waals surface area contributed by atoms with Gasteiger partial charge in [-0.2, -0.15) is 0 Å². The van der Waals surface area contributed by atoms with Crippen LogP contribution in [0.3, 0.4) is 0 Å². The van der Waals surface area contributed by atoms with E-state index < -0.39 is 15.1 Å². The summed E-state index contributed by atoms with van der Waals surface area (Å²) in [4.78, 5) is 13.4. The van der Waals surface area contributed by atoms with E-state index in [0.29, 0.717) is 43.1 Å². The van der Waals surface area contributed by atoms with Crippen molar-refractivity contribution in [1.29, 1.82) is 0 Å². The minimum absolute atomic E-state index is 0.257. The summed E-state index contributed by atoms with van der Waals surface area (Å²) in [6.45, 7) is 0. The van der Waals surface area contributed by atoms with Crippen molar-refractivity contribution in [3.63, 3.8) is 0 Å². The van der Waals surface area contributed by atoms with Crippen molar-refractivity contribution >= 4 is 94.3 Å². The lowest BCUT2D eigenvalue weighted by Gasteiger charge is -2.20. The van der Waals surface area contributed by atoms with E-state index in [1.165, 1.54) is 0 Å². The number of nitrogens with zero attached hydrogens (tertiary/aromatic N) is 3. The maximum atomic E-state index is 6.59. The number of halogens is 4. The lowest BCUT2D eigenvalue weighted by Crippen LogP contribution is -2.37. The number of pyridine rings is 3. The lowest BCUT2D eigenvalue weighted by molar-refractivity contribution is 0.311. The zero-order valence-electron chi connectivity index (χ0n) is 19.2. The van der Waals surface area contributed by atoms with E-state index in [4.69, 9.17) is 57.8 Å². The smallest absolute Gasteiger partial charge is 0.576 e. The average Bonchev–Trinajstić information content (AvgIpc) is 2.93. The van der Waals surface area contributed by atoms with Gasteiger partial charge in [0.15, 0.2) is 0 Å². The van der Waals surface area contributed by atoms with E-state index in [-0.39, 0.29) is 21.5 Å². The minimum atomic E-state index is -3.20. The van der Waals surface area contributed by atoms with Gasteiger partial charge in [-0.1, -0.05) is 64.6 Å². The molecule has 0 aliphatic rings. The van der Waals surface area contributed by atoms with Gasteiger partial charge in [-0.05, 0) is 48.5 Å². The maximum Gasteiger partial charge on any atom is 1.20 e. The summed E-state index contributed by atoms with van der Waals surface area (Å²) in [6.07, 6.45) is 4.94. The number of fused-ring (bicyclic) bond motifs is 3.